The number of hydrogen-bond acceptors (Lipinski definition) is 4. The number of hydrogen-bond donors (Lipinski definition) is 0. The Morgan fingerprint density at radius 3 is 1.24 bits per heavy atom. The highest BCUT2D eigenvalue weighted by molar-refractivity contribution is 8.12. The van der Waals surface area contributed by atoms with Crippen LogP contribution in [0.3, 0.4) is 0 Å². The van der Waals surface area contributed by atoms with Gasteiger partial charge in [0.1, 0.15) is 0 Å². The van der Waals surface area contributed by atoms with Crippen LogP contribution in [-0.2, 0) is 32.4 Å². The van der Waals surface area contributed by atoms with E-state index in [0.717, 1.165) is 12.2 Å². The average molecular weight is 562 g/mol. The first-order valence-electron chi connectivity index (χ1n) is 10.2. The van der Waals surface area contributed by atoms with E-state index in [9.17, 15) is 43.2 Å². The van der Waals surface area contributed by atoms with E-state index in [2.05, 4.69) is 0 Å². The minimum absolute atomic E-state index is 0.0249. The molecule has 0 bridgehead atoms. The van der Waals surface area contributed by atoms with Gasteiger partial charge in [-0.2, -0.15) is 30.1 Å². The van der Waals surface area contributed by atoms with Crippen LogP contribution in [0.25, 0.3) is 12.2 Å². The van der Waals surface area contributed by atoms with Gasteiger partial charge in [0.15, 0.2) is 0 Å². The number of benzene rings is 3. The highest BCUT2D eigenvalue weighted by Gasteiger charge is 2.40. The first kappa shape index (κ1) is 28.0. The van der Waals surface area contributed by atoms with E-state index < -0.39 is 52.9 Å². The zero-order chi connectivity index (χ0) is 27.5. The molecule has 0 atom stereocenters. The maximum Gasteiger partial charge on any atom is 0.416 e. The van der Waals surface area contributed by atoms with Gasteiger partial charge in [0, 0.05) is 0 Å². The van der Waals surface area contributed by atoms with E-state index in [-0.39, 0.29) is 29.3 Å². The second-order valence-corrected chi connectivity index (χ2v) is 11.0. The molecule has 3 aromatic carbocycles. The summed E-state index contributed by atoms with van der Waals surface area (Å²) in [6, 6.07) is 15.0. The average Bonchev–Trinajstić information content (AvgIpc) is 2.81. The summed E-state index contributed by atoms with van der Waals surface area (Å²) in [5.41, 5.74) is -4.57. The summed E-state index contributed by atoms with van der Waals surface area (Å²) in [6.45, 7) is 0. The van der Waals surface area contributed by atoms with Crippen LogP contribution in [-0.4, -0.2) is 16.8 Å². The van der Waals surface area contributed by atoms with Gasteiger partial charge in [0.2, 0.25) is 0 Å². The zero-order valence-corrected chi connectivity index (χ0v) is 20.1. The summed E-state index contributed by atoms with van der Waals surface area (Å²) in [7, 11) is -10.4. The third-order valence-electron chi connectivity index (χ3n) is 4.71. The van der Waals surface area contributed by atoms with Gasteiger partial charge in [0.05, 0.1) is 27.6 Å². The molecule has 0 saturated carbocycles. The van der Waals surface area contributed by atoms with Gasteiger partial charge in [-0.3, -0.25) is 0 Å². The Morgan fingerprint density at radius 1 is 0.568 bits per heavy atom. The van der Waals surface area contributed by atoms with E-state index in [1.54, 1.807) is 12.1 Å². The highest BCUT2D eigenvalue weighted by Crippen LogP contribution is 2.40. The van der Waals surface area contributed by atoms with E-state index in [4.69, 9.17) is 0 Å². The summed E-state index contributed by atoms with van der Waals surface area (Å²) < 4.78 is 133. The van der Waals surface area contributed by atoms with Crippen molar-refractivity contribution in [2.24, 2.45) is 0 Å². The van der Waals surface area contributed by atoms with Crippen LogP contribution < -0.4 is 3.71 Å². The molecule has 0 heterocycles. The van der Waals surface area contributed by atoms with E-state index >= 15 is 0 Å². The first-order chi connectivity index (χ1) is 17.1. The van der Waals surface area contributed by atoms with Crippen molar-refractivity contribution in [3.63, 3.8) is 0 Å². The molecule has 196 valence electrons. The van der Waals surface area contributed by atoms with Crippen LogP contribution in [0.4, 0.5) is 32.0 Å². The molecular weight excluding hydrogens is 544 g/mol. The first-order valence-corrected chi connectivity index (χ1v) is 13.2. The minimum atomic E-state index is -5.34. The van der Waals surface area contributed by atoms with Crippen LogP contribution in [0.5, 0.6) is 0 Å². The molecule has 3 aromatic rings. The Kier molecular flexibility index (Phi) is 7.89. The molecule has 0 aliphatic rings. The van der Waals surface area contributed by atoms with Crippen LogP contribution in [0.1, 0.15) is 22.3 Å². The molecule has 0 fully saturated rings. The molecule has 0 unspecified atom stereocenters. The predicted molar refractivity (Wildman–Crippen MR) is 128 cm³/mol. The summed E-state index contributed by atoms with van der Waals surface area (Å²) in [4.78, 5) is 0. The van der Waals surface area contributed by atoms with Crippen molar-refractivity contribution in [2.45, 2.75) is 12.4 Å². The molecule has 0 N–H and O–H groups in total. The fourth-order valence-corrected chi connectivity index (χ4v) is 6.18. The van der Waals surface area contributed by atoms with Gasteiger partial charge in [-0.15, -0.1) is 0 Å². The van der Waals surface area contributed by atoms with Crippen molar-refractivity contribution in [1.82, 2.24) is 0 Å². The molecule has 5 nitrogen and oxygen atoms in total. The molecule has 37 heavy (non-hydrogen) atoms. The molecule has 0 aliphatic carbocycles. The van der Waals surface area contributed by atoms with Crippen LogP contribution >= 0.6 is 0 Å². The molecule has 0 saturated heterocycles. The Balaban J connectivity index is 2.26. The third kappa shape index (κ3) is 7.23. The largest absolute Gasteiger partial charge is 0.416 e. The maximum absolute atomic E-state index is 13.4. The lowest BCUT2D eigenvalue weighted by Gasteiger charge is -2.23. The second-order valence-electron chi connectivity index (χ2n) is 7.48. The lowest BCUT2D eigenvalue weighted by atomic mass is 10.1. The smallest absolute Gasteiger partial charge is 0.201 e. The molecule has 13 heteroatoms. The summed E-state index contributed by atoms with van der Waals surface area (Å²) >= 11 is 0. The number of sulfonamides is 2. The van der Waals surface area contributed by atoms with Crippen molar-refractivity contribution in [2.75, 3.05) is 3.71 Å². The van der Waals surface area contributed by atoms with Crippen molar-refractivity contribution >= 4 is 37.9 Å². The van der Waals surface area contributed by atoms with Crippen LogP contribution in [0.15, 0.2) is 89.7 Å². The molecule has 0 aliphatic heterocycles. The molecule has 0 aromatic heterocycles. The minimum Gasteiger partial charge on any atom is -0.201 e. The second kappa shape index (κ2) is 10.4. The lowest BCUT2D eigenvalue weighted by molar-refractivity contribution is -0.143. The molecule has 0 amide bonds. The molecular formula is C24H17F6NO4S2. The van der Waals surface area contributed by atoms with Crippen molar-refractivity contribution in [1.29, 1.82) is 0 Å². The van der Waals surface area contributed by atoms with Crippen LogP contribution in [0.2, 0.25) is 0 Å². The predicted octanol–water partition coefficient (Wildman–Crippen LogP) is 6.53. The molecule has 3 rings (SSSR count). The van der Waals surface area contributed by atoms with Crippen LogP contribution in [0, 0.1) is 0 Å². The summed E-state index contributed by atoms with van der Waals surface area (Å²) in [5, 5.41) is 0.757. The lowest BCUT2D eigenvalue weighted by Crippen LogP contribution is -2.34. The summed E-state index contributed by atoms with van der Waals surface area (Å²) in [5.74, 6) is 0. The van der Waals surface area contributed by atoms with Crippen molar-refractivity contribution < 1.29 is 43.2 Å². The number of nitrogens with zero attached hydrogens (tertiary/aromatic N) is 1. The topological polar surface area (TPSA) is 71.5 Å². The van der Waals surface area contributed by atoms with Crippen molar-refractivity contribution in [3.05, 3.63) is 112 Å². The number of rotatable bonds is 7. The zero-order valence-electron chi connectivity index (χ0n) is 18.5. The van der Waals surface area contributed by atoms with Gasteiger partial charge < -0.3 is 0 Å². The Labute approximate surface area is 209 Å². The van der Waals surface area contributed by atoms with Gasteiger partial charge >= 0.3 is 12.4 Å². The maximum atomic E-state index is 13.4. The molecule has 0 spiro atoms. The summed E-state index contributed by atoms with van der Waals surface area (Å²) in [6.07, 6.45) is -8.77. The number of halogens is 6. The Hall–Kier alpha value is -3.58. The van der Waals surface area contributed by atoms with Crippen molar-refractivity contribution in [3.8, 4) is 0 Å². The standard InChI is InChI=1S/C24H17F6NO4S2/c25-23(26,27)20-15-21(24(28,29)30)17-22(16-20)31(36(32,33)13-11-18-7-3-1-4-8-18)37(34,35)14-12-19-9-5-2-6-10-19/h1-17H/b13-11+,14-12+. The van der Waals surface area contributed by atoms with Gasteiger partial charge in [-0.05, 0) is 41.5 Å². The fraction of sp³-hybridized carbons (Fsp3) is 0.0833. The third-order valence-corrected chi connectivity index (χ3v) is 8.26. The monoisotopic (exact) mass is 561 g/mol. The van der Waals surface area contributed by atoms with Gasteiger partial charge in [-0.25, -0.2) is 16.8 Å². The number of anilines is 1. The fourth-order valence-electron chi connectivity index (χ4n) is 3.05. The molecule has 0 radical (unpaired) electrons. The SMILES string of the molecule is O=S(=O)(/C=C/c1ccccc1)N(c1cc(C(F)(F)F)cc(C(F)(F)F)c1)S(=O)(=O)/C=C/c1ccccc1. The number of alkyl halides is 6. The van der Waals surface area contributed by atoms with Gasteiger partial charge in [-0.1, -0.05) is 60.7 Å². The normalized spacial score (nSPS) is 13.4. The van der Waals surface area contributed by atoms with E-state index in [1.165, 1.54) is 48.5 Å². The Morgan fingerprint density at radius 2 is 0.919 bits per heavy atom. The Bertz CT molecular complexity index is 1400. The van der Waals surface area contributed by atoms with E-state index in [0.29, 0.717) is 10.8 Å². The van der Waals surface area contributed by atoms with E-state index in [1.807, 2.05) is 0 Å². The van der Waals surface area contributed by atoms with Gasteiger partial charge in [0.25, 0.3) is 20.0 Å². The highest BCUT2D eigenvalue weighted by atomic mass is 32.3. The quantitative estimate of drug-likeness (QED) is 0.308.